The van der Waals surface area contributed by atoms with E-state index in [1.54, 1.807) is 0 Å². The fourth-order valence-corrected chi connectivity index (χ4v) is 0. The minimum Gasteiger partial charge on any atom is -0.269 e. The highest BCUT2D eigenvalue weighted by molar-refractivity contribution is 3.24. The molecule has 0 amide bonds. The molecule has 0 unspecified atom stereocenters. The molecule has 0 fully saturated rings. The van der Waals surface area contributed by atoms with Crippen LogP contribution in [-0.4, -0.2) is 0 Å². The Balaban J connectivity index is 0. The van der Waals surface area contributed by atoms with E-state index in [0.29, 0.717) is 0 Å². The molecule has 0 aliphatic rings. The molecule has 4 heavy (non-hydrogen) atoms. The van der Waals surface area contributed by atoms with Gasteiger partial charge in [0.25, 0.3) is 0 Å². The average Bonchev–Trinajstić information content (AvgIpc) is 0. The zero-order valence-electron chi connectivity index (χ0n) is 1.72. The molecule has 0 aliphatic heterocycles. The van der Waals surface area contributed by atoms with Crippen molar-refractivity contribution in [2.75, 3.05) is 0 Å². The third kappa shape index (κ3) is 25.3. The van der Waals surface area contributed by atoms with Crippen molar-refractivity contribution in [2.24, 2.45) is 0 Å². The van der Waals surface area contributed by atoms with Crippen molar-refractivity contribution in [3.05, 3.63) is 7.43 Å². The molecule has 0 aromatic rings. The third-order valence-corrected chi connectivity index (χ3v) is 0. The molecule has 0 bridgehead atoms. The molecule has 0 aliphatic carbocycles. The van der Waals surface area contributed by atoms with E-state index in [9.17, 15) is 0 Å². The van der Waals surface area contributed by atoms with Gasteiger partial charge in [0.1, 0.15) is 0 Å². The summed E-state index contributed by atoms with van der Waals surface area (Å²) in [5.74, 6) is 0. The molecule has 0 aromatic heterocycles. The fraction of sp³-hybridized carbons (Fsp3) is 0. The Morgan fingerprint density at radius 3 is 0.750 bits per heavy atom. The smallest absolute Gasteiger partial charge is 0 e. The minimum atomic E-state index is 0. The second-order valence-electron chi connectivity index (χ2n) is 0. The van der Waals surface area contributed by atoms with E-state index in [4.69, 9.17) is 0 Å². The van der Waals surface area contributed by atoms with Crippen LogP contribution in [0, 0.1) is 7.43 Å². The summed E-state index contributed by atoms with van der Waals surface area (Å²) in [4.78, 5) is 0. The first-order valence-electron chi connectivity index (χ1n) is 0. The summed E-state index contributed by atoms with van der Waals surface area (Å²) in [5.41, 5.74) is 0. The van der Waals surface area contributed by atoms with Gasteiger partial charge in [-0.05, 0) is 0 Å². The van der Waals surface area contributed by atoms with Crippen molar-refractivity contribution in [1.82, 2.24) is 0 Å². The lowest BCUT2D eigenvalue weighted by atomic mass is 12.0. The van der Waals surface area contributed by atoms with Crippen molar-refractivity contribution >= 4 is 0 Å². The van der Waals surface area contributed by atoms with Gasteiger partial charge in [0.05, 0.1) is 0 Å². The zero-order valence-corrected chi connectivity index (χ0v) is 1.72. The largest absolute Gasteiger partial charge is 0.269 e. The van der Waals surface area contributed by atoms with Gasteiger partial charge in [-0.25, -0.2) is 0 Å². The molecule has 3 heteroatoms. The van der Waals surface area contributed by atoms with E-state index in [0.717, 1.165) is 0 Å². The normalized spacial score (nSPS) is 0. The highest BCUT2D eigenvalue weighted by Crippen LogP contribution is 0.422. The number of rotatable bonds is 0. The maximum atomic E-state index is 0. The molecule has 0 heterocycles. The summed E-state index contributed by atoms with van der Waals surface area (Å²) in [6, 6.07) is 0. The first-order chi connectivity index (χ1) is 0. The van der Waals surface area contributed by atoms with E-state index in [1.165, 1.54) is 0 Å². The van der Waals surface area contributed by atoms with Crippen LogP contribution in [0.15, 0.2) is 0 Å². The van der Waals surface area contributed by atoms with Crippen molar-refractivity contribution in [3.63, 3.8) is 0 Å². The molecule has 0 saturated carbocycles. The molecule has 0 nitrogen and oxygen atoms in total. The molecule has 30 valence electrons. The maximum absolute atomic E-state index is 0. The van der Waals surface area contributed by atoms with Gasteiger partial charge < -0.3 is 0 Å². The molecular weight excluding hydrogens is 69.0 g/mol. The van der Waals surface area contributed by atoms with Crippen LogP contribution in [0.5, 0.6) is 0 Å². The van der Waals surface area contributed by atoms with Crippen LogP contribution in [0.3, 0.4) is 0 Å². The van der Waals surface area contributed by atoms with Gasteiger partial charge in [-0.3, -0.25) is 14.1 Å². The van der Waals surface area contributed by atoms with Crippen molar-refractivity contribution in [1.29, 1.82) is 0 Å². The third-order valence-electron chi connectivity index (χ3n) is 0. The Kier molecular flexibility index (Phi) is 33900. The first kappa shape index (κ1) is 669. The Morgan fingerprint density at radius 1 is 0.750 bits per heavy atom. The van der Waals surface area contributed by atoms with Crippen LogP contribution in [0.25, 0.3) is 0 Å². The molecule has 0 saturated heterocycles. The molecule has 0 aromatic carbocycles. The maximum Gasteiger partial charge on any atom is 0 e. The predicted molar refractivity (Wildman–Crippen MR) is 12.9 cm³/mol. The van der Waals surface area contributed by atoms with Gasteiger partial charge in [-0.15, -0.1) is 0 Å². The van der Waals surface area contributed by atoms with Gasteiger partial charge in [-0.1, -0.05) is 0 Å². The van der Waals surface area contributed by atoms with E-state index >= 15 is 0 Å². The Hall–Kier alpha value is -0.210. The molecular formula is CH5F3. The first-order valence-corrected chi connectivity index (χ1v) is 0. The van der Waals surface area contributed by atoms with E-state index in [-0.39, 0.29) is 23.0 Å². The van der Waals surface area contributed by atoms with Crippen LogP contribution in [0.4, 0.5) is 14.1 Å². The lowest BCUT2D eigenvalue weighted by Crippen LogP contribution is 0.0813. The SMILES string of the molecule is F.F.F.[C].[HH]. The quantitative estimate of drug-likeness (QED) is 0.398. The Morgan fingerprint density at radius 2 is 0.750 bits per heavy atom. The van der Waals surface area contributed by atoms with Gasteiger partial charge >= 0.3 is 0 Å². The van der Waals surface area contributed by atoms with Crippen molar-refractivity contribution in [2.45, 2.75) is 0 Å². The summed E-state index contributed by atoms with van der Waals surface area (Å²) in [5, 5.41) is 0. The molecule has 0 N–H and O–H groups in total. The average molecular weight is 74.0 g/mol. The van der Waals surface area contributed by atoms with E-state index in [2.05, 4.69) is 0 Å². The monoisotopic (exact) mass is 74.0 g/mol. The summed E-state index contributed by atoms with van der Waals surface area (Å²) in [6.45, 7) is 0. The number of halogens is 3. The van der Waals surface area contributed by atoms with Crippen molar-refractivity contribution in [3.8, 4) is 0 Å². The highest BCUT2D eigenvalue weighted by atomic mass is 19.0. The molecule has 0 atom stereocenters. The number of hydrogen-bond donors (Lipinski definition) is 0. The second kappa shape index (κ2) is 203. The standard InChI is InChI=1S/C.3FH.H2/h;4*1H. The Bertz CT molecular complexity index is 6.85. The van der Waals surface area contributed by atoms with E-state index in [1.807, 2.05) is 0 Å². The van der Waals surface area contributed by atoms with Crippen LogP contribution < -0.4 is 0 Å². The van der Waals surface area contributed by atoms with Gasteiger partial charge in [0.15, 0.2) is 0 Å². The van der Waals surface area contributed by atoms with Crippen LogP contribution in [0.1, 0.15) is 1.43 Å². The zero-order chi connectivity index (χ0) is 0. The van der Waals surface area contributed by atoms with Gasteiger partial charge in [-0.2, -0.15) is 0 Å². The van der Waals surface area contributed by atoms with Crippen LogP contribution in [-0.2, 0) is 0 Å². The van der Waals surface area contributed by atoms with Crippen molar-refractivity contribution < 1.29 is 15.5 Å². The van der Waals surface area contributed by atoms with Gasteiger partial charge in [0.2, 0.25) is 0 Å². The summed E-state index contributed by atoms with van der Waals surface area (Å²) in [6.07, 6.45) is 0. The predicted octanol–water partition coefficient (Wildman–Crippen LogP) is 0.785. The molecule has 0 rings (SSSR count). The van der Waals surface area contributed by atoms with Crippen LogP contribution >= 0.6 is 0 Å². The lowest BCUT2D eigenvalue weighted by Gasteiger charge is -0.270. The number of hydrogen-bond acceptors (Lipinski definition) is 0. The highest BCUT2D eigenvalue weighted by Gasteiger charge is 0.0000112. The minimum absolute atomic E-state index is 0. The summed E-state index contributed by atoms with van der Waals surface area (Å²) in [7, 11) is 0. The fourth-order valence-electron chi connectivity index (χ4n) is 0. The molecule has 4 radical (unpaired) electrons. The van der Waals surface area contributed by atoms with E-state index < -0.39 is 0 Å². The topological polar surface area (TPSA) is 0 Å². The van der Waals surface area contributed by atoms with Crippen LogP contribution in [0.2, 0.25) is 0 Å². The summed E-state index contributed by atoms with van der Waals surface area (Å²) < 4.78 is 0. The summed E-state index contributed by atoms with van der Waals surface area (Å²) >= 11 is 0. The second-order valence-corrected chi connectivity index (χ2v) is 0. The Labute approximate surface area is 24.4 Å². The van der Waals surface area contributed by atoms with Gasteiger partial charge in [0, 0.05) is 8.85 Å². The molecule has 0 spiro atoms. The lowest BCUT2D eigenvalue weighted by molar-refractivity contribution is 1.11.